The first-order valence-corrected chi connectivity index (χ1v) is 11.9. The largest absolute Gasteiger partial charge is 0.543 e. The zero-order valence-corrected chi connectivity index (χ0v) is 20.0. The highest BCUT2D eigenvalue weighted by molar-refractivity contribution is 8.26. The second kappa shape index (κ2) is 11.2. The molecule has 3 rings (SSSR count). The molecule has 35 heavy (non-hydrogen) atoms. The van der Waals surface area contributed by atoms with Crippen LogP contribution in [0.4, 0.5) is 0 Å². The van der Waals surface area contributed by atoms with E-state index in [9.17, 15) is 39.6 Å². The Balaban J connectivity index is 1.53. The number of aromatic carboxylic acids is 2. The summed E-state index contributed by atoms with van der Waals surface area (Å²) in [6, 6.07) is 6.35. The Morgan fingerprint density at radius 3 is 2.37 bits per heavy atom. The maximum absolute atomic E-state index is 12.6. The first-order chi connectivity index (χ1) is 16.5. The summed E-state index contributed by atoms with van der Waals surface area (Å²) in [6.07, 6.45) is 1.48. The molecule has 0 unspecified atom stereocenters. The Bertz CT molecular complexity index is 1230. The molecule has 0 spiro atoms. The van der Waals surface area contributed by atoms with E-state index in [1.807, 2.05) is 0 Å². The van der Waals surface area contributed by atoms with Crippen LogP contribution in [0.1, 0.15) is 26.5 Å². The maximum Gasteiger partial charge on any atom is 0.266 e. The van der Waals surface area contributed by atoms with Gasteiger partial charge in [0, 0.05) is 17.2 Å². The Morgan fingerprint density at radius 2 is 1.77 bits per heavy atom. The third-order valence-electron chi connectivity index (χ3n) is 4.38. The minimum Gasteiger partial charge on any atom is -0.543 e. The summed E-state index contributed by atoms with van der Waals surface area (Å²) in [5.41, 5.74) is -0.645. The predicted octanol–water partition coefficient (Wildman–Crippen LogP) is -0.671. The van der Waals surface area contributed by atoms with Crippen LogP contribution >= 0.6 is 35.7 Å². The van der Waals surface area contributed by atoms with Gasteiger partial charge >= 0.3 is 0 Å². The van der Waals surface area contributed by atoms with Gasteiger partial charge in [-0.3, -0.25) is 14.5 Å². The van der Waals surface area contributed by atoms with Crippen LogP contribution in [-0.2, 0) is 9.59 Å². The van der Waals surface area contributed by atoms with Gasteiger partial charge in [-0.2, -0.15) is 0 Å². The van der Waals surface area contributed by atoms with Crippen molar-refractivity contribution in [3.8, 4) is 11.5 Å². The van der Waals surface area contributed by atoms with Gasteiger partial charge in [0.25, 0.3) is 5.91 Å². The number of rotatable bonds is 9. The van der Waals surface area contributed by atoms with E-state index in [-0.39, 0.29) is 44.5 Å². The molecule has 1 aromatic carbocycles. The van der Waals surface area contributed by atoms with E-state index in [0.717, 1.165) is 40.6 Å². The molecule has 3 N–H and O–H groups in total. The van der Waals surface area contributed by atoms with Crippen molar-refractivity contribution in [2.24, 2.45) is 0 Å². The van der Waals surface area contributed by atoms with Crippen LogP contribution in [0, 0.1) is 0 Å². The highest BCUT2D eigenvalue weighted by Gasteiger charge is 2.33. The van der Waals surface area contributed by atoms with Crippen molar-refractivity contribution in [1.82, 2.24) is 15.2 Å². The molecule has 1 aliphatic rings. The molecule has 0 atom stereocenters. The van der Waals surface area contributed by atoms with Crippen LogP contribution in [0.25, 0.3) is 6.08 Å². The van der Waals surface area contributed by atoms with Gasteiger partial charge in [-0.05, 0) is 35.9 Å². The molecule has 1 fully saturated rings. The van der Waals surface area contributed by atoms with Crippen LogP contribution < -0.4 is 15.5 Å². The minimum absolute atomic E-state index is 0.130. The summed E-state index contributed by atoms with van der Waals surface area (Å²) < 4.78 is 0.176. The third-order valence-corrected chi connectivity index (χ3v) is 6.74. The third kappa shape index (κ3) is 6.71. The van der Waals surface area contributed by atoms with Crippen LogP contribution in [0.5, 0.6) is 11.5 Å². The number of hydrogen-bond acceptors (Lipinski definition) is 12. The Morgan fingerprint density at radius 1 is 1.11 bits per heavy atom. The van der Waals surface area contributed by atoms with Gasteiger partial charge in [-0.25, -0.2) is 4.98 Å². The zero-order valence-electron chi connectivity index (χ0n) is 17.5. The van der Waals surface area contributed by atoms with Crippen molar-refractivity contribution in [3.63, 3.8) is 0 Å². The number of pyridine rings is 1. The van der Waals surface area contributed by atoms with Gasteiger partial charge in [0.1, 0.15) is 10.9 Å². The summed E-state index contributed by atoms with van der Waals surface area (Å²) in [6.45, 7) is -0.197. The lowest BCUT2D eigenvalue weighted by atomic mass is 10.2. The molecule has 2 heterocycles. The van der Waals surface area contributed by atoms with E-state index in [1.54, 1.807) is 0 Å². The summed E-state index contributed by atoms with van der Waals surface area (Å²) in [4.78, 5) is 52.0. The summed E-state index contributed by atoms with van der Waals surface area (Å²) >= 11 is 7.25. The van der Waals surface area contributed by atoms with Gasteiger partial charge < -0.3 is 35.3 Å². The number of carboxylic acids is 2. The van der Waals surface area contributed by atoms with E-state index >= 15 is 0 Å². The molecule has 0 saturated carbocycles. The minimum atomic E-state index is -1.64. The number of nitrogens with zero attached hydrogens (tertiary/aromatic N) is 2. The molecule has 11 nitrogen and oxygen atoms in total. The number of carboxylic acid groups (broad SMARTS) is 2. The number of nitrogens with one attached hydrogen (secondary N) is 1. The van der Waals surface area contributed by atoms with Gasteiger partial charge in [0.15, 0.2) is 11.5 Å². The summed E-state index contributed by atoms with van der Waals surface area (Å²) in [7, 11) is 0. The molecule has 182 valence electrons. The van der Waals surface area contributed by atoms with Crippen LogP contribution in [0.15, 0.2) is 40.1 Å². The number of phenolic OH excluding ortho intramolecular Hbond substituents is 2. The molecular weight excluding hydrogens is 518 g/mol. The van der Waals surface area contributed by atoms with Crippen LogP contribution in [0.2, 0.25) is 0 Å². The summed E-state index contributed by atoms with van der Waals surface area (Å²) in [5.74, 6) is -4.63. The van der Waals surface area contributed by atoms with E-state index in [1.165, 1.54) is 24.3 Å². The predicted molar refractivity (Wildman–Crippen MR) is 126 cm³/mol. The van der Waals surface area contributed by atoms with Crippen molar-refractivity contribution in [1.29, 1.82) is 0 Å². The molecule has 1 saturated heterocycles. The molecule has 2 amide bonds. The van der Waals surface area contributed by atoms with E-state index in [2.05, 4.69) is 10.3 Å². The fourth-order valence-electron chi connectivity index (χ4n) is 2.77. The first-order valence-electron chi connectivity index (χ1n) is 9.66. The molecule has 0 aliphatic carbocycles. The number of hydrogen-bond donors (Lipinski definition) is 3. The quantitative estimate of drug-likeness (QED) is 0.122. The number of amides is 2. The van der Waals surface area contributed by atoms with Crippen molar-refractivity contribution in [3.05, 3.63) is 52.2 Å². The van der Waals surface area contributed by atoms with Crippen LogP contribution in [0.3, 0.4) is 0 Å². The Labute approximate surface area is 211 Å². The molecule has 2 aromatic rings. The van der Waals surface area contributed by atoms with Gasteiger partial charge in [-0.15, -0.1) is 11.8 Å². The number of aromatic nitrogens is 1. The molecule has 1 aliphatic heterocycles. The topological polar surface area (TPSA) is 183 Å². The monoisotopic (exact) mass is 533 g/mol. The molecule has 0 radical (unpaired) electrons. The average molecular weight is 534 g/mol. The standard InChI is InChI=1S/C21H17N3O8S3/c25-14-2-1-10(5-15(14)26)6-16-18(28)24(21(33)35-16)9-17(27)22-3-4-34-11-7-12(19(29)30)23-13(8-11)20(31)32/h1-2,5-8,25-26H,3-4,9H2,(H,22,27)(H,29,30)(H,31,32)/p-2/b16-6-. The molecule has 0 bridgehead atoms. The Kier molecular flexibility index (Phi) is 8.32. The van der Waals surface area contributed by atoms with Gasteiger partial charge in [0.2, 0.25) is 5.91 Å². The van der Waals surface area contributed by atoms with E-state index in [4.69, 9.17) is 12.2 Å². The lowest BCUT2D eigenvalue weighted by Crippen LogP contribution is -2.40. The summed E-state index contributed by atoms with van der Waals surface area (Å²) in [5, 5.41) is 43.6. The number of carbonyl (C=O) groups excluding carboxylic acids is 4. The number of aromatic hydroxyl groups is 2. The van der Waals surface area contributed by atoms with Crippen LogP contribution in [-0.4, -0.2) is 67.0 Å². The normalized spacial score (nSPS) is 14.4. The fourth-order valence-corrected chi connectivity index (χ4v) is 4.86. The highest BCUT2D eigenvalue weighted by atomic mass is 32.2. The number of benzene rings is 1. The van der Waals surface area contributed by atoms with Crippen molar-refractivity contribution < 1.29 is 39.6 Å². The van der Waals surface area contributed by atoms with Crippen molar-refractivity contribution in [2.75, 3.05) is 18.8 Å². The number of thiocarbonyl (C=S) groups is 1. The molecule has 14 heteroatoms. The van der Waals surface area contributed by atoms with E-state index in [0.29, 0.717) is 5.56 Å². The lowest BCUT2D eigenvalue weighted by molar-refractivity contribution is -0.255. The SMILES string of the molecule is O=C(CN1C(=O)/C(=C/c2ccc(O)c(O)c2)SC1=S)NCCSc1cc(C(=O)[O-])nc(C(=O)[O-])c1. The second-order valence-electron chi connectivity index (χ2n) is 6.86. The number of carbonyl (C=O) groups is 4. The highest BCUT2D eigenvalue weighted by Crippen LogP contribution is 2.34. The second-order valence-corrected chi connectivity index (χ2v) is 9.71. The van der Waals surface area contributed by atoms with Gasteiger partial charge in [0.05, 0.1) is 28.2 Å². The Hall–Kier alpha value is -3.62. The maximum atomic E-state index is 12.6. The molecule has 1 aromatic heterocycles. The smallest absolute Gasteiger partial charge is 0.266 e. The van der Waals surface area contributed by atoms with E-state index < -0.39 is 35.1 Å². The van der Waals surface area contributed by atoms with Crippen molar-refractivity contribution >= 4 is 69.9 Å². The lowest BCUT2D eigenvalue weighted by Gasteiger charge is -2.14. The fraction of sp³-hybridized carbons (Fsp3) is 0.143. The number of phenols is 2. The average Bonchev–Trinajstić information content (AvgIpc) is 3.06. The van der Waals surface area contributed by atoms with Crippen molar-refractivity contribution in [2.45, 2.75) is 4.90 Å². The first kappa shape index (κ1) is 26.0. The zero-order chi connectivity index (χ0) is 25.7. The number of thioether (sulfide) groups is 2. The molecular formula is C21H15N3O8S3-2. The van der Waals surface area contributed by atoms with Gasteiger partial charge in [-0.1, -0.05) is 30.0 Å².